The summed E-state index contributed by atoms with van der Waals surface area (Å²) in [4.78, 5) is 16.1. The van der Waals surface area contributed by atoms with Crippen LogP contribution in [0.4, 0.5) is 13.2 Å². The van der Waals surface area contributed by atoms with E-state index in [0.717, 1.165) is 0 Å². The molecule has 0 fully saturated rings. The minimum absolute atomic E-state index is 0.109. The van der Waals surface area contributed by atoms with Gasteiger partial charge in [0, 0.05) is 11.8 Å². The van der Waals surface area contributed by atoms with Gasteiger partial charge in [0.15, 0.2) is 5.78 Å². The molecule has 2 nitrogen and oxygen atoms in total. The van der Waals surface area contributed by atoms with Crippen LogP contribution in [0.3, 0.4) is 0 Å². The zero-order valence-corrected chi connectivity index (χ0v) is 11.5. The topological polar surface area (TPSA) is 30.0 Å². The van der Waals surface area contributed by atoms with Gasteiger partial charge in [0.1, 0.15) is 5.15 Å². The molecule has 1 atom stereocenters. The number of Topliss-reactive ketones (excluding diaryl/α,β-unsaturated/α-hetero) is 1. The zero-order valence-electron chi connectivity index (χ0n) is 10.8. The molecule has 1 aromatic heterocycles. The standard InChI is InChI=1S/C15H11ClF3NO/c16-13-7-6-11(9-20-13)14(21)12(8-15(17,18)19)10-4-2-1-3-5-10/h1-7,9,12H,8H2. The van der Waals surface area contributed by atoms with Crippen molar-refractivity contribution in [2.45, 2.75) is 18.5 Å². The predicted molar refractivity (Wildman–Crippen MR) is 73.4 cm³/mol. The Balaban J connectivity index is 2.35. The Morgan fingerprint density at radius 2 is 1.81 bits per heavy atom. The van der Waals surface area contributed by atoms with Gasteiger partial charge < -0.3 is 0 Å². The number of carbonyl (C=O) groups is 1. The second kappa shape index (κ2) is 6.26. The van der Waals surface area contributed by atoms with Crippen LogP contribution in [0.5, 0.6) is 0 Å². The van der Waals surface area contributed by atoms with E-state index in [0.29, 0.717) is 5.56 Å². The molecule has 0 aliphatic rings. The quantitative estimate of drug-likeness (QED) is 0.607. The molecule has 1 aromatic carbocycles. The fourth-order valence-electron chi connectivity index (χ4n) is 2.00. The highest BCUT2D eigenvalue weighted by Crippen LogP contribution is 2.33. The van der Waals surface area contributed by atoms with E-state index in [-0.39, 0.29) is 10.7 Å². The van der Waals surface area contributed by atoms with E-state index in [9.17, 15) is 18.0 Å². The van der Waals surface area contributed by atoms with E-state index in [1.54, 1.807) is 18.2 Å². The third-order valence-corrected chi connectivity index (χ3v) is 3.19. The average Bonchev–Trinajstić information content (AvgIpc) is 2.45. The third kappa shape index (κ3) is 4.29. The molecule has 0 radical (unpaired) electrons. The van der Waals surface area contributed by atoms with Gasteiger partial charge in [-0.25, -0.2) is 4.98 Å². The van der Waals surface area contributed by atoms with Crippen LogP contribution < -0.4 is 0 Å². The number of hydrogen-bond donors (Lipinski definition) is 0. The summed E-state index contributed by atoms with van der Waals surface area (Å²) in [5.74, 6) is -1.91. The van der Waals surface area contributed by atoms with E-state index >= 15 is 0 Å². The summed E-state index contributed by atoms with van der Waals surface area (Å²) < 4.78 is 38.2. The van der Waals surface area contributed by atoms with Gasteiger partial charge in [0.2, 0.25) is 0 Å². The summed E-state index contributed by atoms with van der Waals surface area (Å²) in [5, 5.41) is 0.179. The molecule has 110 valence electrons. The number of hydrogen-bond acceptors (Lipinski definition) is 2. The van der Waals surface area contributed by atoms with Gasteiger partial charge in [-0.3, -0.25) is 4.79 Å². The van der Waals surface area contributed by atoms with Crippen molar-refractivity contribution in [2.24, 2.45) is 0 Å². The molecule has 0 bridgehead atoms. The Morgan fingerprint density at radius 3 is 2.33 bits per heavy atom. The van der Waals surface area contributed by atoms with Crippen LogP contribution in [0, 0.1) is 0 Å². The molecule has 2 rings (SSSR count). The van der Waals surface area contributed by atoms with Crippen molar-refractivity contribution in [3.05, 3.63) is 64.9 Å². The number of pyridine rings is 1. The van der Waals surface area contributed by atoms with Crippen molar-refractivity contribution >= 4 is 17.4 Å². The SMILES string of the molecule is O=C(c1ccc(Cl)nc1)C(CC(F)(F)F)c1ccccc1. The van der Waals surface area contributed by atoms with Gasteiger partial charge in [-0.1, -0.05) is 41.9 Å². The molecule has 0 amide bonds. The van der Waals surface area contributed by atoms with Crippen molar-refractivity contribution in [3.8, 4) is 0 Å². The monoisotopic (exact) mass is 313 g/mol. The zero-order chi connectivity index (χ0) is 15.5. The fraction of sp³-hybridized carbons (Fsp3) is 0.200. The minimum atomic E-state index is -4.43. The Labute approximate surface area is 124 Å². The van der Waals surface area contributed by atoms with Crippen LogP contribution in [0.1, 0.15) is 28.3 Å². The maximum Gasteiger partial charge on any atom is 0.390 e. The number of carbonyl (C=O) groups excluding carboxylic acids is 1. The molecule has 1 heterocycles. The fourth-order valence-corrected chi connectivity index (χ4v) is 2.11. The van der Waals surface area contributed by atoms with Gasteiger partial charge >= 0.3 is 6.18 Å². The van der Waals surface area contributed by atoms with E-state index in [1.165, 1.54) is 30.5 Å². The summed E-state index contributed by atoms with van der Waals surface area (Å²) in [6.45, 7) is 0. The van der Waals surface area contributed by atoms with Gasteiger partial charge in [0.25, 0.3) is 0 Å². The molecule has 0 saturated heterocycles. The number of alkyl halides is 3. The first-order chi connectivity index (χ1) is 9.87. The van der Waals surface area contributed by atoms with Gasteiger partial charge in [0.05, 0.1) is 12.3 Å². The maximum absolute atomic E-state index is 12.7. The van der Waals surface area contributed by atoms with Gasteiger partial charge in [-0.15, -0.1) is 0 Å². The van der Waals surface area contributed by atoms with Crippen molar-refractivity contribution in [2.75, 3.05) is 0 Å². The first kappa shape index (κ1) is 15.5. The third-order valence-electron chi connectivity index (χ3n) is 2.97. The lowest BCUT2D eigenvalue weighted by Gasteiger charge is -2.18. The van der Waals surface area contributed by atoms with Crippen LogP contribution in [-0.4, -0.2) is 16.9 Å². The van der Waals surface area contributed by atoms with Crippen molar-refractivity contribution in [1.29, 1.82) is 0 Å². The normalized spacial score (nSPS) is 13.0. The number of ketones is 1. The van der Waals surface area contributed by atoms with E-state index in [4.69, 9.17) is 11.6 Å². The van der Waals surface area contributed by atoms with Crippen LogP contribution in [0.15, 0.2) is 48.7 Å². The highest BCUT2D eigenvalue weighted by molar-refractivity contribution is 6.29. The lowest BCUT2D eigenvalue weighted by molar-refractivity contribution is -0.136. The summed E-state index contributed by atoms with van der Waals surface area (Å²) in [6.07, 6.45) is -4.45. The first-order valence-electron chi connectivity index (χ1n) is 6.14. The van der Waals surface area contributed by atoms with Crippen LogP contribution in [0.25, 0.3) is 0 Å². The Hall–Kier alpha value is -1.88. The smallest absolute Gasteiger partial charge is 0.293 e. The van der Waals surface area contributed by atoms with Crippen molar-refractivity contribution in [3.63, 3.8) is 0 Å². The predicted octanol–water partition coefficient (Wildman–Crippen LogP) is 4.65. The van der Waals surface area contributed by atoms with Crippen molar-refractivity contribution < 1.29 is 18.0 Å². The van der Waals surface area contributed by atoms with Gasteiger partial charge in [-0.05, 0) is 17.7 Å². The number of aromatic nitrogens is 1. The molecular formula is C15H11ClF3NO. The molecule has 0 saturated carbocycles. The number of nitrogens with zero attached hydrogens (tertiary/aromatic N) is 1. The number of rotatable bonds is 4. The van der Waals surface area contributed by atoms with Crippen molar-refractivity contribution in [1.82, 2.24) is 4.98 Å². The molecule has 0 N–H and O–H groups in total. The molecule has 6 heteroatoms. The number of benzene rings is 1. The molecular weight excluding hydrogens is 303 g/mol. The maximum atomic E-state index is 12.7. The minimum Gasteiger partial charge on any atom is -0.293 e. The summed E-state index contributed by atoms with van der Waals surface area (Å²) >= 11 is 5.62. The molecule has 21 heavy (non-hydrogen) atoms. The Kier molecular flexibility index (Phi) is 4.63. The summed E-state index contributed by atoms with van der Waals surface area (Å²) in [5.41, 5.74) is 0.437. The van der Waals surface area contributed by atoms with E-state index in [2.05, 4.69) is 4.98 Å². The molecule has 1 unspecified atom stereocenters. The van der Waals surface area contributed by atoms with E-state index < -0.39 is 24.3 Å². The summed E-state index contributed by atoms with van der Waals surface area (Å²) in [7, 11) is 0. The second-order valence-corrected chi connectivity index (χ2v) is 4.90. The Morgan fingerprint density at radius 1 is 1.14 bits per heavy atom. The molecule has 0 aliphatic carbocycles. The highest BCUT2D eigenvalue weighted by Gasteiger charge is 2.36. The lowest BCUT2D eigenvalue weighted by atomic mass is 9.88. The van der Waals surface area contributed by atoms with E-state index in [1.807, 2.05) is 0 Å². The van der Waals surface area contributed by atoms with Crippen LogP contribution in [-0.2, 0) is 0 Å². The highest BCUT2D eigenvalue weighted by atomic mass is 35.5. The second-order valence-electron chi connectivity index (χ2n) is 4.52. The average molecular weight is 314 g/mol. The van der Waals surface area contributed by atoms with Gasteiger partial charge in [-0.2, -0.15) is 13.2 Å². The summed E-state index contributed by atoms with van der Waals surface area (Å²) in [6, 6.07) is 10.7. The largest absolute Gasteiger partial charge is 0.390 e. The molecule has 0 spiro atoms. The molecule has 0 aliphatic heterocycles. The van der Waals surface area contributed by atoms with Crippen LogP contribution in [0.2, 0.25) is 5.15 Å². The number of halogens is 4. The van der Waals surface area contributed by atoms with Crippen LogP contribution >= 0.6 is 11.6 Å². The lowest BCUT2D eigenvalue weighted by Crippen LogP contribution is -2.21. The molecule has 2 aromatic rings. The Bertz CT molecular complexity index is 611. The first-order valence-corrected chi connectivity index (χ1v) is 6.52.